The minimum atomic E-state index is -0.399. The van der Waals surface area contributed by atoms with Crippen LogP contribution in [0.1, 0.15) is 74.8 Å². The molecule has 2 fully saturated rings. The molecule has 0 aliphatic heterocycles. The molecule has 126 valence electrons. The fraction of sp³-hybridized carbons (Fsp3) is 0.706. The molecule has 0 unspecified atom stereocenters. The van der Waals surface area contributed by atoms with Crippen LogP contribution in [0.4, 0.5) is 0 Å². The lowest BCUT2D eigenvalue weighted by Crippen LogP contribution is -2.37. The van der Waals surface area contributed by atoms with E-state index < -0.39 is 6.04 Å². The van der Waals surface area contributed by atoms with Crippen molar-refractivity contribution in [2.45, 2.75) is 76.4 Å². The van der Waals surface area contributed by atoms with Crippen LogP contribution in [0.3, 0.4) is 0 Å². The Hall–Kier alpha value is -1.85. The van der Waals surface area contributed by atoms with Gasteiger partial charge in [0.1, 0.15) is 11.7 Å². The van der Waals surface area contributed by atoms with Gasteiger partial charge in [0.05, 0.1) is 0 Å². The van der Waals surface area contributed by atoms with Gasteiger partial charge in [-0.25, -0.2) is 0 Å². The highest BCUT2D eigenvalue weighted by atomic mass is 16.2. The average Bonchev–Trinajstić information content (AvgIpc) is 3.28. The molecule has 2 N–H and O–H groups in total. The molecule has 6 heteroatoms. The molecule has 2 amide bonds. The summed E-state index contributed by atoms with van der Waals surface area (Å²) < 4.78 is 1.58. The molecule has 0 spiro atoms. The van der Waals surface area contributed by atoms with Crippen molar-refractivity contribution in [2.75, 3.05) is 0 Å². The molecular formula is C17H26N4O2. The molecule has 2 saturated carbocycles. The highest BCUT2D eigenvalue weighted by Crippen LogP contribution is 2.19. The maximum atomic E-state index is 12.3. The molecule has 0 aromatic carbocycles. The van der Waals surface area contributed by atoms with Gasteiger partial charge in [0.2, 0.25) is 5.91 Å². The largest absolute Gasteiger partial charge is 0.352 e. The molecule has 1 heterocycles. The van der Waals surface area contributed by atoms with Gasteiger partial charge in [-0.05, 0) is 38.7 Å². The van der Waals surface area contributed by atoms with E-state index in [1.165, 1.54) is 25.7 Å². The van der Waals surface area contributed by atoms with Crippen molar-refractivity contribution in [3.8, 4) is 0 Å². The summed E-state index contributed by atoms with van der Waals surface area (Å²) >= 11 is 0. The predicted octanol–water partition coefficient (Wildman–Crippen LogP) is 2.18. The zero-order chi connectivity index (χ0) is 16.2. The minimum absolute atomic E-state index is 0.0252. The van der Waals surface area contributed by atoms with Gasteiger partial charge in [-0.15, -0.1) is 0 Å². The summed E-state index contributed by atoms with van der Waals surface area (Å²) in [7, 11) is 0. The van der Waals surface area contributed by atoms with Crippen molar-refractivity contribution in [3.05, 3.63) is 18.0 Å². The normalized spacial score (nSPS) is 20.6. The number of aromatic nitrogens is 2. The molecule has 6 nitrogen and oxygen atoms in total. The number of carbonyl (C=O) groups excluding carboxylic acids is 2. The Kier molecular flexibility index (Phi) is 4.98. The van der Waals surface area contributed by atoms with Gasteiger partial charge < -0.3 is 10.6 Å². The fourth-order valence-electron chi connectivity index (χ4n) is 3.52. The van der Waals surface area contributed by atoms with Crippen molar-refractivity contribution in [1.82, 2.24) is 20.4 Å². The second-order valence-electron chi connectivity index (χ2n) is 6.80. The van der Waals surface area contributed by atoms with Crippen molar-refractivity contribution >= 4 is 11.8 Å². The number of carbonyl (C=O) groups is 2. The Morgan fingerprint density at radius 1 is 1.09 bits per heavy atom. The number of amides is 2. The van der Waals surface area contributed by atoms with Crippen LogP contribution in [0.5, 0.6) is 0 Å². The van der Waals surface area contributed by atoms with E-state index in [1.54, 1.807) is 16.9 Å². The predicted molar refractivity (Wildman–Crippen MR) is 87.1 cm³/mol. The fourth-order valence-corrected chi connectivity index (χ4v) is 3.52. The van der Waals surface area contributed by atoms with E-state index in [9.17, 15) is 9.59 Å². The molecule has 3 rings (SSSR count). The SMILES string of the molecule is C[C@@H](C(=O)NC1CCCC1)n1ccc(C(=O)NC2CCCC2)n1. The third kappa shape index (κ3) is 3.92. The van der Waals surface area contributed by atoms with E-state index >= 15 is 0 Å². The zero-order valence-electron chi connectivity index (χ0n) is 13.8. The molecular weight excluding hydrogens is 292 g/mol. The third-order valence-corrected chi connectivity index (χ3v) is 5.01. The zero-order valence-corrected chi connectivity index (χ0v) is 13.8. The number of rotatable bonds is 5. The quantitative estimate of drug-likeness (QED) is 0.873. The second kappa shape index (κ2) is 7.15. The standard InChI is InChI=1S/C17H26N4O2/c1-12(16(22)18-13-6-2-3-7-13)21-11-10-15(20-21)17(23)19-14-8-4-5-9-14/h10-14H,2-9H2,1H3,(H,18,22)(H,19,23)/t12-/m0/s1. The van der Waals surface area contributed by atoms with Crippen LogP contribution in [0.25, 0.3) is 0 Å². The van der Waals surface area contributed by atoms with Crippen LogP contribution < -0.4 is 10.6 Å². The summed E-state index contributed by atoms with van der Waals surface area (Å²) in [6, 6.07) is 1.86. The topological polar surface area (TPSA) is 76.0 Å². The van der Waals surface area contributed by atoms with E-state index in [2.05, 4.69) is 15.7 Å². The molecule has 0 radical (unpaired) electrons. The van der Waals surface area contributed by atoms with Crippen LogP contribution in [0.15, 0.2) is 12.3 Å². The molecule has 0 bridgehead atoms. The Balaban J connectivity index is 1.56. The lowest BCUT2D eigenvalue weighted by atomic mass is 10.2. The first-order chi connectivity index (χ1) is 11.1. The molecule has 1 atom stereocenters. The number of hydrogen-bond donors (Lipinski definition) is 2. The smallest absolute Gasteiger partial charge is 0.271 e. The summed E-state index contributed by atoms with van der Waals surface area (Å²) in [4.78, 5) is 24.5. The first-order valence-corrected chi connectivity index (χ1v) is 8.80. The Bertz CT molecular complexity index is 557. The molecule has 2 aliphatic rings. The minimum Gasteiger partial charge on any atom is -0.352 e. The van der Waals surface area contributed by atoms with E-state index in [0.717, 1.165) is 25.7 Å². The molecule has 0 saturated heterocycles. The summed E-state index contributed by atoms with van der Waals surface area (Å²) in [5.74, 6) is -0.165. The lowest BCUT2D eigenvalue weighted by molar-refractivity contribution is -0.124. The van der Waals surface area contributed by atoms with Gasteiger partial charge in [0, 0.05) is 18.3 Å². The summed E-state index contributed by atoms with van der Waals surface area (Å²) in [5.41, 5.74) is 0.386. The highest BCUT2D eigenvalue weighted by Gasteiger charge is 2.23. The van der Waals surface area contributed by atoms with Crippen molar-refractivity contribution in [3.63, 3.8) is 0 Å². The van der Waals surface area contributed by atoms with Crippen LogP contribution in [0.2, 0.25) is 0 Å². The van der Waals surface area contributed by atoms with Gasteiger partial charge in [-0.2, -0.15) is 5.10 Å². The van der Waals surface area contributed by atoms with Crippen molar-refractivity contribution in [2.24, 2.45) is 0 Å². The maximum absolute atomic E-state index is 12.3. The van der Waals surface area contributed by atoms with Crippen LogP contribution in [0, 0.1) is 0 Å². The number of hydrogen-bond acceptors (Lipinski definition) is 3. The van der Waals surface area contributed by atoms with Gasteiger partial charge >= 0.3 is 0 Å². The second-order valence-corrected chi connectivity index (χ2v) is 6.80. The van der Waals surface area contributed by atoms with E-state index in [1.807, 2.05) is 6.92 Å². The molecule has 23 heavy (non-hydrogen) atoms. The Morgan fingerprint density at radius 3 is 2.26 bits per heavy atom. The summed E-state index contributed by atoms with van der Waals surface area (Å²) in [6.45, 7) is 1.82. The van der Waals surface area contributed by atoms with E-state index in [0.29, 0.717) is 11.7 Å². The van der Waals surface area contributed by atoms with Gasteiger partial charge in [-0.1, -0.05) is 25.7 Å². The van der Waals surface area contributed by atoms with Gasteiger partial charge in [-0.3, -0.25) is 14.3 Å². The van der Waals surface area contributed by atoms with E-state index in [4.69, 9.17) is 0 Å². The first-order valence-electron chi connectivity index (χ1n) is 8.80. The maximum Gasteiger partial charge on any atom is 0.271 e. The van der Waals surface area contributed by atoms with Gasteiger partial charge in [0.15, 0.2) is 0 Å². The average molecular weight is 318 g/mol. The van der Waals surface area contributed by atoms with Crippen molar-refractivity contribution < 1.29 is 9.59 Å². The Morgan fingerprint density at radius 2 is 1.65 bits per heavy atom. The molecule has 2 aliphatic carbocycles. The van der Waals surface area contributed by atoms with Crippen LogP contribution >= 0.6 is 0 Å². The van der Waals surface area contributed by atoms with Gasteiger partial charge in [0.25, 0.3) is 5.91 Å². The highest BCUT2D eigenvalue weighted by molar-refractivity contribution is 5.92. The lowest BCUT2D eigenvalue weighted by Gasteiger charge is -2.17. The van der Waals surface area contributed by atoms with Crippen LogP contribution in [-0.4, -0.2) is 33.7 Å². The van der Waals surface area contributed by atoms with E-state index in [-0.39, 0.29) is 17.9 Å². The monoisotopic (exact) mass is 318 g/mol. The molecule has 1 aromatic heterocycles. The third-order valence-electron chi connectivity index (χ3n) is 5.01. The molecule has 1 aromatic rings. The summed E-state index contributed by atoms with van der Waals surface area (Å²) in [6.07, 6.45) is 10.7. The number of nitrogens with zero attached hydrogens (tertiary/aromatic N) is 2. The Labute approximate surface area is 137 Å². The van der Waals surface area contributed by atoms with Crippen molar-refractivity contribution in [1.29, 1.82) is 0 Å². The first kappa shape index (κ1) is 16.0. The summed E-state index contributed by atoms with van der Waals surface area (Å²) in [5, 5.41) is 10.4. The van der Waals surface area contributed by atoms with Crippen LogP contribution in [-0.2, 0) is 4.79 Å². The number of nitrogens with one attached hydrogen (secondary N) is 2.